The van der Waals surface area contributed by atoms with E-state index in [0.717, 1.165) is 15.6 Å². The molecule has 0 bridgehead atoms. The first-order valence-corrected chi connectivity index (χ1v) is 6.26. The van der Waals surface area contributed by atoms with Gasteiger partial charge in [0.1, 0.15) is 0 Å². The van der Waals surface area contributed by atoms with Crippen LogP contribution in [0.3, 0.4) is 0 Å². The molecule has 0 heterocycles. The summed E-state index contributed by atoms with van der Waals surface area (Å²) < 4.78 is 1.16. The zero-order valence-electron chi connectivity index (χ0n) is 11.1. The lowest BCUT2D eigenvalue weighted by molar-refractivity contribution is 0.332. The van der Waals surface area contributed by atoms with E-state index in [-0.39, 0.29) is 6.61 Å². The predicted molar refractivity (Wildman–Crippen MR) is 80.2 cm³/mol. The molecule has 0 aliphatic heterocycles. The van der Waals surface area contributed by atoms with Crippen LogP contribution >= 0.6 is 15.9 Å². The molecule has 0 radical (unpaired) electrons. The summed E-state index contributed by atoms with van der Waals surface area (Å²) in [7, 11) is 0. The van der Waals surface area contributed by atoms with Gasteiger partial charge in [-0.15, -0.1) is 0 Å². The van der Waals surface area contributed by atoms with Gasteiger partial charge in [-0.3, -0.25) is 0 Å². The fraction of sp³-hybridized carbons (Fsp3) is 0.333. The topological polar surface area (TPSA) is 20.2 Å². The summed E-state index contributed by atoms with van der Waals surface area (Å²) in [4.78, 5) is 0. The molecule has 0 fully saturated rings. The minimum atomic E-state index is 0.111. The van der Waals surface area contributed by atoms with Crippen LogP contribution in [0, 0.1) is 13.8 Å². The zero-order chi connectivity index (χ0) is 13.6. The summed E-state index contributed by atoms with van der Waals surface area (Å²) in [6.45, 7) is 15.5. The Morgan fingerprint density at radius 3 is 2.00 bits per heavy atom. The maximum atomic E-state index is 8.04. The second-order valence-corrected chi connectivity index (χ2v) is 5.17. The molecular weight excluding hydrogens is 276 g/mol. The van der Waals surface area contributed by atoms with Gasteiger partial charge >= 0.3 is 0 Å². The van der Waals surface area contributed by atoms with Crippen LogP contribution in [0.4, 0.5) is 0 Å². The third-order valence-corrected chi connectivity index (χ3v) is 3.09. The van der Waals surface area contributed by atoms with Crippen LogP contribution < -0.4 is 0 Å². The Morgan fingerprint density at radius 2 is 1.65 bits per heavy atom. The Balaban J connectivity index is 0.000000437. The molecule has 0 saturated carbocycles. The molecule has 1 rings (SSSR count). The van der Waals surface area contributed by atoms with Crippen LogP contribution in [0.15, 0.2) is 35.3 Å². The summed E-state index contributed by atoms with van der Waals surface area (Å²) in [6, 6.07) is 4.31. The van der Waals surface area contributed by atoms with Gasteiger partial charge in [-0.25, -0.2) is 0 Å². The van der Waals surface area contributed by atoms with Gasteiger partial charge in [-0.2, -0.15) is 0 Å². The monoisotopic (exact) mass is 296 g/mol. The van der Waals surface area contributed by atoms with Gasteiger partial charge in [-0.05, 0) is 50.5 Å². The van der Waals surface area contributed by atoms with Crippen LogP contribution in [0.5, 0.6) is 0 Å². The summed E-state index contributed by atoms with van der Waals surface area (Å²) in [5.74, 6) is 0. The van der Waals surface area contributed by atoms with Gasteiger partial charge < -0.3 is 5.11 Å². The molecule has 1 N–H and O–H groups in total. The molecule has 0 saturated heterocycles. The Hall–Kier alpha value is -0.860. The fourth-order valence-electron chi connectivity index (χ4n) is 1.29. The van der Waals surface area contributed by atoms with Crippen molar-refractivity contribution in [1.29, 1.82) is 0 Å². The maximum Gasteiger partial charge on any atom is 0.0636 e. The number of aliphatic hydroxyl groups excluding tert-OH is 1. The number of halogens is 1. The van der Waals surface area contributed by atoms with E-state index in [1.165, 1.54) is 16.7 Å². The van der Waals surface area contributed by atoms with Gasteiger partial charge in [0.25, 0.3) is 0 Å². The number of aliphatic hydroxyl groups is 1. The largest absolute Gasteiger partial charge is 0.392 e. The molecule has 2 heteroatoms. The first-order valence-electron chi connectivity index (χ1n) is 5.47. The smallest absolute Gasteiger partial charge is 0.0636 e. The Morgan fingerprint density at radius 1 is 1.18 bits per heavy atom. The van der Waals surface area contributed by atoms with E-state index < -0.39 is 0 Å². The van der Waals surface area contributed by atoms with Crippen molar-refractivity contribution in [3.63, 3.8) is 0 Å². The van der Waals surface area contributed by atoms with Gasteiger partial charge in [-0.1, -0.05) is 46.3 Å². The second-order valence-electron chi connectivity index (χ2n) is 4.31. The average Bonchev–Trinajstić information content (AvgIpc) is 2.23. The van der Waals surface area contributed by atoms with E-state index in [9.17, 15) is 0 Å². The lowest BCUT2D eigenvalue weighted by atomic mass is 10.0. The summed E-state index contributed by atoms with van der Waals surface area (Å²) in [5, 5.41) is 8.04. The zero-order valence-corrected chi connectivity index (χ0v) is 12.7. The van der Waals surface area contributed by atoms with E-state index in [0.29, 0.717) is 0 Å². The molecular formula is C15H21BrO. The average molecular weight is 297 g/mol. The molecule has 1 nitrogen and oxygen atoms in total. The van der Waals surface area contributed by atoms with Crippen LogP contribution in [-0.2, 0) is 0 Å². The quantitative estimate of drug-likeness (QED) is 0.788. The summed E-state index contributed by atoms with van der Waals surface area (Å²) >= 11 is 3.51. The maximum absolute atomic E-state index is 8.04. The van der Waals surface area contributed by atoms with E-state index in [2.05, 4.69) is 55.1 Å². The standard InChI is InChI=1S/C11H13Br.C4H8O/c1-7(2)10-6-11(12)9(4)5-8(10)3;1-4(2)3-5/h5-6H,1H2,2-4H3;5H,1,3H2,2H3. The van der Waals surface area contributed by atoms with Crippen LogP contribution in [-0.4, -0.2) is 11.7 Å². The van der Waals surface area contributed by atoms with Crippen molar-refractivity contribution in [2.45, 2.75) is 27.7 Å². The van der Waals surface area contributed by atoms with Crippen LogP contribution in [0.25, 0.3) is 5.57 Å². The molecule has 0 unspecified atom stereocenters. The van der Waals surface area contributed by atoms with Crippen molar-refractivity contribution in [1.82, 2.24) is 0 Å². The van der Waals surface area contributed by atoms with Gasteiger partial charge in [0.05, 0.1) is 6.61 Å². The Labute approximate surface area is 113 Å². The molecule has 17 heavy (non-hydrogen) atoms. The lowest BCUT2D eigenvalue weighted by Gasteiger charge is -2.07. The van der Waals surface area contributed by atoms with Crippen LogP contribution in [0.2, 0.25) is 0 Å². The van der Waals surface area contributed by atoms with E-state index in [1.54, 1.807) is 6.92 Å². The molecule has 1 aromatic rings. The van der Waals surface area contributed by atoms with Crippen molar-refractivity contribution < 1.29 is 5.11 Å². The highest BCUT2D eigenvalue weighted by molar-refractivity contribution is 9.10. The first kappa shape index (κ1) is 16.1. The van der Waals surface area contributed by atoms with E-state index in [4.69, 9.17) is 5.11 Å². The molecule has 1 aromatic carbocycles. The highest BCUT2D eigenvalue weighted by Crippen LogP contribution is 2.24. The third kappa shape index (κ3) is 5.85. The number of hydrogen-bond acceptors (Lipinski definition) is 1. The Bertz CT molecular complexity index is 419. The SMILES string of the molecule is C=C(C)CO.C=C(C)c1cc(Br)c(C)cc1C. The summed E-state index contributed by atoms with van der Waals surface area (Å²) in [5.41, 5.74) is 5.74. The molecule has 94 valence electrons. The molecule has 0 aliphatic rings. The number of hydrogen-bond donors (Lipinski definition) is 1. The van der Waals surface area contributed by atoms with Crippen molar-refractivity contribution in [2.24, 2.45) is 0 Å². The predicted octanol–water partition coefficient (Wildman–Crippen LogP) is 4.65. The lowest BCUT2D eigenvalue weighted by Crippen LogP contribution is -1.87. The highest BCUT2D eigenvalue weighted by atomic mass is 79.9. The van der Waals surface area contributed by atoms with Crippen molar-refractivity contribution in [3.05, 3.63) is 52.0 Å². The Kier molecular flexibility index (Phi) is 7.09. The van der Waals surface area contributed by atoms with Crippen molar-refractivity contribution in [3.8, 4) is 0 Å². The normalized spacial score (nSPS) is 9.29. The summed E-state index contributed by atoms with van der Waals surface area (Å²) in [6.07, 6.45) is 0. The van der Waals surface area contributed by atoms with Crippen molar-refractivity contribution >= 4 is 21.5 Å². The van der Waals surface area contributed by atoms with Crippen LogP contribution in [0.1, 0.15) is 30.5 Å². The molecule has 0 spiro atoms. The highest BCUT2D eigenvalue weighted by Gasteiger charge is 2.02. The van der Waals surface area contributed by atoms with Gasteiger partial charge in [0.15, 0.2) is 0 Å². The molecule has 0 aromatic heterocycles. The van der Waals surface area contributed by atoms with E-state index in [1.807, 2.05) is 6.92 Å². The van der Waals surface area contributed by atoms with Crippen molar-refractivity contribution in [2.75, 3.05) is 6.61 Å². The van der Waals surface area contributed by atoms with Gasteiger partial charge in [0, 0.05) is 4.47 Å². The van der Waals surface area contributed by atoms with Gasteiger partial charge in [0.2, 0.25) is 0 Å². The number of aryl methyl sites for hydroxylation is 2. The molecule has 0 aliphatic carbocycles. The minimum absolute atomic E-state index is 0.111. The second kappa shape index (κ2) is 7.46. The number of rotatable bonds is 2. The molecule has 0 amide bonds. The molecule has 0 atom stereocenters. The fourth-order valence-corrected chi connectivity index (χ4v) is 1.63. The first-order chi connectivity index (χ1) is 7.79. The minimum Gasteiger partial charge on any atom is -0.392 e. The third-order valence-electron chi connectivity index (χ3n) is 2.24. The number of benzene rings is 1. The van der Waals surface area contributed by atoms with E-state index >= 15 is 0 Å². The number of allylic oxidation sites excluding steroid dienone is 1.